The molecule has 0 amide bonds. The molecule has 1 rings (SSSR count). The summed E-state index contributed by atoms with van der Waals surface area (Å²) in [5.41, 5.74) is 2.36. The van der Waals surface area contributed by atoms with Crippen molar-refractivity contribution in [1.29, 1.82) is 0 Å². The molecule has 0 radical (unpaired) electrons. The van der Waals surface area contributed by atoms with E-state index in [2.05, 4.69) is 63.8 Å². The quantitative estimate of drug-likeness (QED) is 0.718. The lowest BCUT2D eigenvalue weighted by Crippen LogP contribution is -2.33. The number of aliphatic hydroxyl groups is 1. The van der Waals surface area contributed by atoms with Crippen molar-refractivity contribution in [3.05, 3.63) is 35.4 Å². The summed E-state index contributed by atoms with van der Waals surface area (Å²) in [4.78, 5) is 2.37. The Morgan fingerprint density at radius 3 is 1.86 bits per heavy atom. The van der Waals surface area contributed by atoms with Crippen LogP contribution in [0, 0.1) is 5.92 Å². The van der Waals surface area contributed by atoms with Crippen LogP contribution in [0.15, 0.2) is 24.3 Å². The van der Waals surface area contributed by atoms with Gasteiger partial charge in [-0.3, -0.25) is 0 Å². The summed E-state index contributed by atoms with van der Waals surface area (Å²) >= 11 is 0. The maximum atomic E-state index is 10.5. The van der Waals surface area contributed by atoms with E-state index in [1.54, 1.807) is 0 Å². The van der Waals surface area contributed by atoms with Gasteiger partial charge in [-0.1, -0.05) is 71.7 Å². The maximum absolute atomic E-state index is 10.5. The molecule has 0 aromatic heterocycles. The van der Waals surface area contributed by atoms with Gasteiger partial charge in [-0.05, 0) is 29.5 Å². The highest BCUT2D eigenvalue weighted by atomic mass is 16.3. The highest BCUT2D eigenvalue weighted by Gasteiger charge is 2.15. The first kappa shape index (κ1) is 18.2. The molecular formula is C19H33NO. The van der Waals surface area contributed by atoms with Crippen LogP contribution in [0.4, 0.5) is 0 Å². The Kier molecular flexibility index (Phi) is 7.98. The molecule has 0 saturated heterocycles. The Bertz CT molecular complexity index is 381. The van der Waals surface area contributed by atoms with Crippen molar-refractivity contribution in [1.82, 2.24) is 4.90 Å². The van der Waals surface area contributed by atoms with Crippen LogP contribution in [0.25, 0.3) is 0 Å². The van der Waals surface area contributed by atoms with Gasteiger partial charge in [0.25, 0.3) is 0 Å². The van der Waals surface area contributed by atoms with Gasteiger partial charge in [-0.2, -0.15) is 0 Å². The van der Waals surface area contributed by atoms with E-state index in [0.29, 0.717) is 5.92 Å². The van der Waals surface area contributed by atoms with Crippen molar-refractivity contribution >= 4 is 0 Å². The third kappa shape index (κ3) is 5.80. The van der Waals surface area contributed by atoms with Crippen molar-refractivity contribution < 1.29 is 5.11 Å². The summed E-state index contributed by atoms with van der Waals surface area (Å²) in [6.07, 6.45) is 2.04. The molecule has 1 unspecified atom stereocenters. The number of hydrogen-bond donors (Lipinski definition) is 1. The number of hydrogen-bond acceptors (Lipinski definition) is 2. The van der Waals surface area contributed by atoms with E-state index in [-0.39, 0.29) is 6.10 Å². The number of rotatable bonds is 9. The normalized spacial score (nSPS) is 13.4. The molecule has 0 spiro atoms. The van der Waals surface area contributed by atoms with E-state index in [0.717, 1.165) is 31.1 Å². The Morgan fingerprint density at radius 1 is 0.905 bits per heavy atom. The van der Waals surface area contributed by atoms with E-state index in [9.17, 15) is 5.11 Å². The average Bonchev–Trinajstić information content (AvgIpc) is 2.51. The van der Waals surface area contributed by atoms with E-state index in [4.69, 9.17) is 0 Å². The first-order chi connectivity index (χ1) is 10.0. The van der Waals surface area contributed by atoms with E-state index < -0.39 is 0 Å². The molecule has 21 heavy (non-hydrogen) atoms. The molecular weight excluding hydrogens is 258 g/mol. The second kappa shape index (κ2) is 9.22. The number of benzene rings is 1. The van der Waals surface area contributed by atoms with Crippen molar-refractivity contribution in [2.45, 2.75) is 59.5 Å². The van der Waals surface area contributed by atoms with Crippen LogP contribution in [0.1, 0.15) is 70.6 Å². The highest BCUT2D eigenvalue weighted by molar-refractivity contribution is 5.26. The number of nitrogens with zero attached hydrogens (tertiary/aromatic N) is 1. The van der Waals surface area contributed by atoms with Crippen molar-refractivity contribution in [2.24, 2.45) is 5.92 Å². The SMILES string of the molecule is CCC(CC)CN(CC)CC(O)c1ccc(C(C)C)cc1. The molecule has 0 bridgehead atoms. The van der Waals surface area contributed by atoms with E-state index in [1.165, 1.54) is 18.4 Å². The fourth-order valence-corrected chi connectivity index (χ4v) is 2.70. The third-order valence-electron chi connectivity index (χ3n) is 4.54. The average molecular weight is 291 g/mol. The zero-order valence-corrected chi connectivity index (χ0v) is 14.5. The van der Waals surface area contributed by atoms with Crippen molar-refractivity contribution in [3.63, 3.8) is 0 Å². The topological polar surface area (TPSA) is 23.5 Å². The van der Waals surface area contributed by atoms with Gasteiger partial charge < -0.3 is 10.0 Å². The van der Waals surface area contributed by atoms with Gasteiger partial charge in [-0.15, -0.1) is 0 Å². The smallest absolute Gasteiger partial charge is 0.0916 e. The molecule has 1 aromatic carbocycles. The zero-order chi connectivity index (χ0) is 15.8. The predicted molar refractivity (Wildman–Crippen MR) is 91.7 cm³/mol. The standard InChI is InChI=1S/C19H33NO/c1-6-16(7-2)13-20(8-3)14-19(21)18-11-9-17(10-12-18)15(4)5/h9-12,15-16,19,21H,6-8,13-14H2,1-5H3. The molecule has 1 N–H and O–H groups in total. The number of likely N-dealkylation sites (N-methyl/N-ethyl adjacent to an activating group) is 1. The first-order valence-electron chi connectivity index (χ1n) is 8.51. The molecule has 0 saturated carbocycles. The first-order valence-corrected chi connectivity index (χ1v) is 8.51. The zero-order valence-electron chi connectivity index (χ0n) is 14.5. The Hall–Kier alpha value is -0.860. The van der Waals surface area contributed by atoms with Gasteiger partial charge in [0, 0.05) is 13.1 Å². The molecule has 1 atom stereocenters. The summed E-state index contributed by atoms with van der Waals surface area (Å²) in [5.74, 6) is 1.28. The molecule has 0 aliphatic rings. The third-order valence-corrected chi connectivity index (χ3v) is 4.54. The van der Waals surface area contributed by atoms with Gasteiger partial charge in [-0.25, -0.2) is 0 Å². The molecule has 0 fully saturated rings. The fourth-order valence-electron chi connectivity index (χ4n) is 2.70. The summed E-state index contributed by atoms with van der Waals surface area (Å²) in [5, 5.41) is 10.5. The van der Waals surface area contributed by atoms with Gasteiger partial charge in [0.15, 0.2) is 0 Å². The van der Waals surface area contributed by atoms with Crippen LogP contribution in [-0.2, 0) is 0 Å². The molecule has 2 nitrogen and oxygen atoms in total. The van der Waals surface area contributed by atoms with Crippen LogP contribution in [0.3, 0.4) is 0 Å². The summed E-state index contributed by atoms with van der Waals surface area (Å²) in [7, 11) is 0. The lowest BCUT2D eigenvalue weighted by Gasteiger charge is -2.27. The summed E-state index contributed by atoms with van der Waals surface area (Å²) in [6.45, 7) is 13.9. The van der Waals surface area contributed by atoms with Crippen LogP contribution >= 0.6 is 0 Å². The Labute approximate surface area is 131 Å². The van der Waals surface area contributed by atoms with E-state index in [1.807, 2.05) is 0 Å². The van der Waals surface area contributed by atoms with Crippen molar-refractivity contribution in [3.8, 4) is 0 Å². The fraction of sp³-hybridized carbons (Fsp3) is 0.684. The van der Waals surface area contributed by atoms with E-state index >= 15 is 0 Å². The number of aliphatic hydroxyl groups excluding tert-OH is 1. The minimum atomic E-state index is -0.388. The van der Waals surface area contributed by atoms with Crippen LogP contribution in [0.5, 0.6) is 0 Å². The molecule has 0 aliphatic carbocycles. The van der Waals surface area contributed by atoms with Gasteiger partial charge in [0.2, 0.25) is 0 Å². The molecule has 0 heterocycles. The van der Waals surface area contributed by atoms with Gasteiger partial charge >= 0.3 is 0 Å². The van der Waals surface area contributed by atoms with Crippen molar-refractivity contribution in [2.75, 3.05) is 19.6 Å². The lowest BCUT2D eigenvalue weighted by atomic mass is 9.99. The largest absolute Gasteiger partial charge is 0.387 e. The summed E-state index contributed by atoms with van der Waals surface area (Å²) < 4.78 is 0. The minimum Gasteiger partial charge on any atom is -0.387 e. The lowest BCUT2D eigenvalue weighted by molar-refractivity contribution is 0.105. The molecule has 1 aromatic rings. The highest BCUT2D eigenvalue weighted by Crippen LogP contribution is 2.20. The van der Waals surface area contributed by atoms with Gasteiger partial charge in [0.05, 0.1) is 6.10 Å². The maximum Gasteiger partial charge on any atom is 0.0916 e. The van der Waals surface area contributed by atoms with Crippen LogP contribution in [-0.4, -0.2) is 29.6 Å². The molecule has 0 aliphatic heterocycles. The molecule has 120 valence electrons. The predicted octanol–water partition coefficient (Wildman–Crippen LogP) is 4.60. The summed E-state index contributed by atoms with van der Waals surface area (Å²) in [6, 6.07) is 8.43. The molecule has 2 heteroatoms. The monoisotopic (exact) mass is 291 g/mol. The van der Waals surface area contributed by atoms with Gasteiger partial charge in [0.1, 0.15) is 0 Å². The van der Waals surface area contributed by atoms with Crippen LogP contribution < -0.4 is 0 Å². The minimum absolute atomic E-state index is 0.388. The second-order valence-corrected chi connectivity index (χ2v) is 6.37. The second-order valence-electron chi connectivity index (χ2n) is 6.37. The Morgan fingerprint density at radius 2 is 1.43 bits per heavy atom. The van der Waals surface area contributed by atoms with Crippen LogP contribution in [0.2, 0.25) is 0 Å². The Balaban J connectivity index is 2.62.